The van der Waals surface area contributed by atoms with Gasteiger partial charge < -0.3 is 5.11 Å². The van der Waals surface area contributed by atoms with E-state index in [0.29, 0.717) is 5.69 Å². The van der Waals surface area contributed by atoms with Crippen molar-refractivity contribution < 1.29 is 14.7 Å². The molecule has 1 saturated carbocycles. The molecular weight excluding hydrogens is 242 g/mol. The number of aromatic hydroxyl groups is 1. The number of nitrogens with zero attached hydrogens (tertiary/aromatic N) is 1. The zero-order valence-corrected chi connectivity index (χ0v) is 10.9. The summed E-state index contributed by atoms with van der Waals surface area (Å²) in [6.45, 7) is 1.80. The molecule has 3 rings (SSSR count). The summed E-state index contributed by atoms with van der Waals surface area (Å²) in [5.41, 5.74) is 1.36. The van der Waals surface area contributed by atoms with Crippen LogP contribution >= 0.6 is 0 Å². The number of carbonyl (C=O) groups excluding carboxylic acids is 2. The molecule has 0 bridgehead atoms. The SMILES string of the molecule is Cc1cc(O)ccc1N1C(=O)[C@@H]2CCCC[C@H]2C1=O. The van der Waals surface area contributed by atoms with Gasteiger partial charge in [-0.2, -0.15) is 0 Å². The van der Waals surface area contributed by atoms with Gasteiger partial charge in [-0.25, -0.2) is 4.90 Å². The molecule has 1 aromatic rings. The number of benzene rings is 1. The maximum absolute atomic E-state index is 12.4. The van der Waals surface area contributed by atoms with Crippen molar-refractivity contribution in [2.45, 2.75) is 32.6 Å². The minimum absolute atomic E-state index is 0.0662. The van der Waals surface area contributed by atoms with Crippen LogP contribution in [-0.4, -0.2) is 16.9 Å². The van der Waals surface area contributed by atoms with Gasteiger partial charge in [-0.05, 0) is 43.5 Å². The summed E-state index contributed by atoms with van der Waals surface area (Å²) in [5, 5.41) is 9.43. The molecule has 4 nitrogen and oxygen atoms in total. The third kappa shape index (κ3) is 1.82. The topological polar surface area (TPSA) is 57.6 Å². The normalized spacial score (nSPS) is 26.7. The Bertz CT molecular complexity index is 528. The Morgan fingerprint density at radius 1 is 1.11 bits per heavy atom. The number of fused-ring (bicyclic) bond motifs is 1. The molecule has 0 radical (unpaired) electrons. The van der Waals surface area contributed by atoms with Crippen molar-refractivity contribution in [3.05, 3.63) is 23.8 Å². The molecule has 100 valence electrons. The third-order valence-corrected chi connectivity index (χ3v) is 4.26. The van der Waals surface area contributed by atoms with Crippen LogP contribution in [0.25, 0.3) is 0 Å². The number of anilines is 1. The standard InChI is InChI=1S/C15H17NO3/c1-9-8-10(17)6-7-13(9)16-14(18)11-4-2-3-5-12(11)15(16)19/h6-8,11-12,17H,2-5H2,1H3/t11-,12-/m1/s1. The Balaban J connectivity index is 2.00. The van der Waals surface area contributed by atoms with E-state index in [1.165, 1.54) is 11.0 Å². The van der Waals surface area contributed by atoms with Gasteiger partial charge in [0.1, 0.15) is 5.75 Å². The smallest absolute Gasteiger partial charge is 0.237 e. The van der Waals surface area contributed by atoms with E-state index in [1.807, 2.05) is 0 Å². The lowest BCUT2D eigenvalue weighted by Crippen LogP contribution is -2.31. The molecule has 4 heteroatoms. The van der Waals surface area contributed by atoms with Crippen molar-refractivity contribution in [1.29, 1.82) is 0 Å². The van der Waals surface area contributed by atoms with Crippen molar-refractivity contribution in [3.8, 4) is 5.75 Å². The quantitative estimate of drug-likeness (QED) is 0.788. The second kappa shape index (κ2) is 4.37. The molecule has 0 unspecified atom stereocenters. The van der Waals surface area contributed by atoms with Gasteiger partial charge in [0.25, 0.3) is 0 Å². The summed E-state index contributed by atoms with van der Waals surface area (Å²) in [4.78, 5) is 26.2. The van der Waals surface area contributed by atoms with Gasteiger partial charge in [0.2, 0.25) is 11.8 Å². The summed E-state index contributed by atoms with van der Waals surface area (Å²) in [7, 11) is 0. The van der Waals surface area contributed by atoms with Crippen molar-refractivity contribution >= 4 is 17.5 Å². The van der Waals surface area contributed by atoms with Crippen LogP contribution in [-0.2, 0) is 9.59 Å². The van der Waals surface area contributed by atoms with Gasteiger partial charge >= 0.3 is 0 Å². The number of amides is 2. The summed E-state index contributed by atoms with van der Waals surface area (Å²) in [5.74, 6) is -0.242. The van der Waals surface area contributed by atoms with Crippen molar-refractivity contribution in [2.75, 3.05) is 4.90 Å². The van der Waals surface area contributed by atoms with Crippen LogP contribution in [0, 0.1) is 18.8 Å². The lowest BCUT2D eigenvalue weighted by atomic mass is 9.81. The Morgan fingerprint density at radius 3 is 2.21 bits per heavy atom. The zero-order valence-electron chi connectivity index (χ0n) is 10.9. The molecule has 2 amide bonds. The molecule has 19 heavy (non-hydrogen) atoms. The highest BCUT2D eigenvalue weighted by atomic mass is 16.3. The van der Waals surface area contributed by atoms with E-state index < -0.39 is 0 Å². The fourth-order valence-electron chi connectivity index (χ4n) is 3.29. The number of phenols is 1. The Kier molecular flexibility index (Phi) is 2.81. The number of rotatable bonds is 1. The molecule has 2 fully saturated rings. The van der Waals surface area contributed by atoms with Crippen molar-refractivity contribution in [2.24, 2.45) is 11.8 Å². The summed E-state index contributed by atoms with van der Waals surface area (Å²) >= 11 is 0. The minimum Gasteiger partial charge on any atom is -0.508 e. The van der Waals surface area contributed by atoms with Gasteiger partial charge in [-0.15, -0.1) is 0 Å². The van der Waals surface area contributed by atoms with Gasteiger partial charge in [0.05, 0.1) is 17.5 Å². The Hall–Kier alpha value is -1.84. The first-order valence-corrected chi connectivity index (χ1v) is 6.77. The first kappa shape index (κ1) is 12.2. The average molecular weight is 259 g/mol. The number of carbonyl (C=O) groups is 2. The fourth-order valence-corrected chi connectivity index (χ4v) is 3.29. The maximum atomic E-state index is 12.4. The first-order valence-electron chi connectivity index (χ1n) is 6.77. The number of hydrogen-bond acceptors (Lipinski definition) is 3. The second-order valence-electron chi connectivity index (χ2n) is 5.48. The molecule has 1 aromatic carbocycles. The van der Waals surface area contributed by atoms with Crippen LogP contribution < -0.4 is 4.90 Å². The lowest BCUT2D eigenvalue weighted by Gasteiger charge is -2.19. The van der Waals surface area contributed by atoms with E-state index >= 15 is 0 Å². The number of imide groups is 1. The van der Waals surface area contributed by atoms with E-state index in [0.717, 1.165) is 31.2 Å². The lowest BCUT2D eigenvalue weighted by molar-refractivity contribution is -0.122. The third-order valence-electron chi connectivity index (χ3n) is 4.26. The molecule has 0 aromatic heterocycles. The monoisotopic (exact) mass is 259 g/mol. The molecule has 2 atom stereocenters. The van der Waals surface area contributed by atoms with Crippen molar-refractivity contribution in [1.82, 2.24) is 0 Å². The molecule has 1 aliphatic carbocycles. The highest BCUT2D eigenvalue weighted by molar-refractivity contribution is 6.22. The average Bonchev–Trinajstić information content (AvgIpc) is 2.64. The van der Waals surface area contributed by atoms with Gasteiger partial charge in [-0.3, -0.25) is 9.59 Å². The van der Waals surface area contributed by atoms with E-state index in [-0.39, 0.29) is 29.4 Å². The first-order chi connectivity index (χ1) is 9.09. The molecule has 1 N–H and O–H groups in total. The molecular formula is C15H17NO3. The van der Waals surface area contributed by atoms with Crippen LogP contribution in [0.15, 0.2) is 18.2 Å². The van der Waals surface area contributed by atoms with Crippen molar-refractivity contribution in [3.63, 3.8) is 0 Å². The Labute approximate surface area is 112 Å². The number of hydrogen-bond donors (Lipinski definition) is 1. The summed E-state index contributed by atoms with van der Waals surface area (Å²) < 4.78 is 0. The molecule has 0 spiro atoms. The fraction of sp³-hybridized carbons (Fsp3) is 0.467. The molecule has 1 aliphatic heterocycles. The van der Waals surface area contributed by atoms with Gasteiger partial charge in [0.15, 0.2) is 0 Å². The van der Waals surface area contributed by atoms with Crippen LogP contribution in [0.5, 0.6) is 5.75 Å². The summed E-state index contributed by atoms with van der Waals surface area (Å²) in [6, 6.07) is 4.75. The Morgan fingerprint density at radius 2 is 1.68 bits per heavy atom. The highest BCUT2D eigenvalue weighted by Crippen LogP contribution is 2.41. The van der Waals surface area contributed by atoms with Crippen LogP contribution in [0.2, 0.25) is 0 Å². The van der Waals surface area contributed by atoms with E-state index in [4.69, 9.17) is 0 Å². The van der Waals surface area contributed by atoms with Gasteiger partial charge in [-0.1, -0.05) is 12.8 Å². The van der Waals surface area contributed by atoms with Gasteiger partial charge in [0, 0.05) is 0 Å². The predicted molar refractivity (Wildman–Crippen MR) is 70.8 cm³/mol. The van der Waals surface area contributed by atoms with E-state index in [9.17, 15) is 14.7 Å². The van der Waals surface area contributed by atoms with Crippen LogP contribution in [0.4, 0.5) is 5.69 Å². The zero-order chi connectivity index (χ0) is 13.6. The predicted octanol–water partition coefficient (Wildman–Crippen LogP) is 2.38. The molecule has 1 saturated heterocycles. The largest absolute Gasteiger partial charge is 0.508 e. The molecule has 2 aliphatic rings. The number of aryl methyl sites for hydroxylation is 1. The van der Waals surface area contributed by atoms with Crippen LogP contribution in [0.1, 0.15) is 31.2 Å². The molecule has 1 heterocycles. The number of phenolic OH excluding ortho intramolecular Hbond substituents is 1. The highest BCUT2D eigenvalue weighted by Gasteiger charge is 2.48. The van der Waals surface area contributed by atoms with E-state index in [1.54, 1.807) is 19.1 Å². The van der Waals surface area contributed by atoms with Crippen LogP contribution in [0.3, 0.4) is 0 Å². The minimum atomic E-state index is -0.130. The maximum Gasteiger partial charge on any atom is 0.237 e. The van der Waals surface area contributed by atoms with E-state index in [2.05, 4.69) is 0 Å². The summed E-state index contributed by atoms with van der Waals surface area (Å²) in [6.07, 6.45) is 3.71. The second-order valence-corrected chi connectivity index (χ2v) is 5.48.